The Labute approximate surface area is 112 Å². The van der Waals surface area contributed by atoms with Crippen molar-refractivity contribution in [2.75, 3.05) is 13.1 Å². The second kappa shape index (κ2) is 5.89. The highest BCUT2D eigenvalue weighted by molar-refractivity contribution is 4.89. The van der Waals surface area contributed by atoms with Gasteiger partial charge >= 0.3 is 0 Å². The minimum absolute atomic E-state index is 0.313. The van der Waals surface area contributed by atoms with Gasteiger partial charge in [0.05, 0.1) is 12.2 Å². The second-order valence-corrected chi connectivity index (χ2v) is 6.47. The molecule has 0 amide bonds. The van der Waals surface area contributed by atoms with E-state index in [9.17, 15) is 0 Å². The molecule has 0 saturated carbocycles. The second-order valence-electron chi connectivity index (χ2n) is 6.47. The quantitative estimate of drug-likeness (QED) is 0.679. The summed E-state index contributed by atoms with van der Waals surface area (Å²) in [6.45, 7) is 10.9. The topological polar surface area (TPSA) is 21.7 Å². The van der Waals surface area contributed by atoms with Gasteiger partial charge in [0.1, 0.15) is 0 Å². The Kier molecular flexibility index (Phi) is 4.68. The molecule has 2 saturated heterocycles. The van der Waals surface area contributed by atoms with Gasteiger partial charge in [0.25, 0.3) is 0 Å². The third-order valence-electron chi connectivity index (χ3n) is 3.98. The van der Waals surface area contributed by atoms with Crippen molar-refractivity contribution in [1.29, 1.82) is 0 Å². The first-order valence-corrected chi connectivity index (χ1v) is 7.62. The summed E-state index contributed by atoms with van der Waals surface area (Å²) in [5, 5.41) is 0. The molecule has 3 heteroatoms. The highest BCUT2D eigenvalue weighted by Crippen LogP contribution is 2.39. The fraction of sp³-hybridized carbons (Fsp3) is 1.00. The van der Waals surface area contributed by atoms with Crippen molar-refractivity contribution in [2.24, 2.45) is 5.92 Å². The van der Waals surface area contributed by atoms with Gasteiger partial charge in [0.15, 0.2) is 0 Å². The van der Waals surface area contributed by atoms with Crippen LogP contribution >= 0.6 is 0 Å². The summed E-state index contributed by atoms with van der Waals surface area (Å²) in [5.74, 6) is 0.446. The van der Waals surface area contributed by atoms with Crippen molar-refractivity contribution in [1.82, 2.24) is 4.90 Å². The molecule has 0 bridgehead atoms. The number of ether oxygens (including phenoxy) is 2. The van der Waals surface area contributed by atoms with E-state index < -0.39 is 0 Å². The summed E-state index contributed by atoms with van der Waals surface area (Å²) in [6, 6.07) is 0. The van der Waals surface area contributed by atoms with Gasteiger partial charge in [-0.2, -0.15) is 0 Å². The number of nitrogens with zero attached hydrogens (tertiary/aromatic N) is 1. The predicted molar refractivity (Wildman–Crippen MR) is 73.3 cm³/mol. The molecule has 2 unspecified atom stereocenters. The zero-order valence-corrected chi connectivity index (χ0v) is 12.4. The first-order valence-electron chi connectivity index (χ1n) is 7.62. The number of fused-ring (bicyclic) bond motifs is 1. The molecule has 106 valence electrons. The predicted octanol–water partition coefficient (Wildman–Crippen LogP) is 3.39. The van der Waals surface area contributed by atoms with Crippen molar-refractivity contribution in [2.45, 2.75) is 77.9 Å². The average molecular weight is 255 g/mol. The highest BCUT2D eigenvalue weighted by Gasteiger charge is 2.51. The lowest BCUT2D eigenvalue weighted by molar-refractivity contribution is -0.257. The van der Waals surface area contributed by atoms with E-state index in [0.717, 1.165) is 25.4 Å². The summed E-state index contributed by atoms with van der Waals surface area (Å²) in [6.07, 6.45) is 6.83. The van der Waals surface area contributed by atoms with E-state index in [1.807, 2.05) is 0 Å². The molecule has 2 aliphatic heterocycles. The molecule has 2 rings (SSSR count). The molecule has 2 heterocycles. The maximum Gasteiger partial charge on any atom is 0.230 e. The van der Waals surface area contributed by atoms with Gasteiger partial charge in [0, 0.05) is 19.5 Å². The van der Waals surface area contributed by atoms with Gasteiger partial charge in [-0.15, -0.1) is 0 Å². The lowest BCUT2D eigenvalue weighted by Gasteiger charge is -2.29. The average Bonchev–Trinajstić information content (AvgIpc) is 2.68. The molecule has 0 radical (unpaired) electrons. The van der Waals surface area contributed by atoms with Crippen molar-refractivity contribution in [3.63, 3.8) is 0 Å². The Bertz CT molecular complexity index is 253. The van der Waals surface area contributed by atoms with Crippen LogP contribution in [0.4, 0.5) is 0 Å². The smallest absolute Gasteiger partial charge is 0.230 e. The van der Waals surface area contributed by atoms with E-state index >= 15 is 0 Å². The van der Waals surface area contributed by atoms with Gasteiger partial charge in [-0.1, -0.05) is 33.1 Å². The Morgan fingerprint density at radius 2 is 1.67 bits per heavy atom. The van der Waals surface area contributed by atoms with Crippen LogP contribution in [-0.4, -0.2) is 36.1 Å². The van der Waals surface area contributed by atoms with E-state index in [2.05, 4.69) is 32.6 Å². The van der Waals surface area contributed by atoms with E-state index in [-0.39, 0.29) is 5.91 Å². The molecule has 0 aromatic carbocycles. The van der Waals surface area contributed by atoms with Crippen molar-refractivity contribution >= 4 is 0 Å². The summed E-state index contributed by atoms with van der Waals surface area (Å²) in [7, 11) is 0. The number of rotatable bonds is 6. The summed E-state index contributed by atoms with van der Waals surface area (Å²) in [4.78, 5) is 2.39. The Morgan fingerprint density at radius 1 is 1.06 bits per heavy atom. The minimum Gasteiger partial charge on any atom is -0.333 e. The Hall–Kier alpha value is -0.120. The molecule has 0 aliphatic carbocycles. The van der Waals surface area contributed by atoms with E-state index in [0.29, 0.717) is 12.2 Å². The van der Waals surface area contributed by atoms with Crippen LogP contribution in [-0.2, 0) is 9.47 Å². The fourth-order valence-electron chi connectivity index (χ4n) is 3.21. The summed E-state index contributed by atoms with van der Waals surface area (Å²) >= 11 is 0. The fourth-order valence-corrected chi connectivity index (χ4v) is 3.21. The van der Waals surface area contributed by atoms with Crippen LogP contribution in [0.3, 0.4) is 0 Å². The molecular weight excluding hydrogens is 226 g/mol. The molecule has 2 fully saturated rings. The number of unbranched alkanes of at least 4 members (excludes halogenated alkanes) is 2. The lowest BCUT2D eigenvalue weighted by atomic mass is 10.0. The molecular formula is C15H29NO2. The van der Waals surface area contributed by atoms with Gasteiger partial charge in [-0.05, 0) is 26.2 Å². The van der Waals surface area contributed by atoms with E-state index in [1.54, 1.807) is 0 Å². The Balaban J connectivity index is 1.76. The highest BCUT2D eigenvalue weighted by atomic mass is 16.7. The molecule has 0 spiro atoms. The van der Waals surface area contributed by atoms with Crippen molar-refractivity contribution in [3.8, 4) is 0 Å². The van der Waals surface area contributed by atoms with Crippen LogP contribution < -0.4 is 0 Å². The summed E-state index contributed by atoms with van der Waals surface area (Å²) in [5.41, 5.74) is 0. The van der Waals surface area contributed by atoms with Crippen LogP contribution in [0, 0.1) is 5.92 Å². The maximum atomic E-state index is 6.07. The maximum absolute atomic E-state index is 6.07. The molecule has 18 heavy (non-hydrogen) atoms. The third kappa shape index (κ3) is 3.25. The monoisotopic (exact) mass is 255 g/mol. The Morgan fingerprint density at radius 3 is 2.22 bits per heavy atom. The van der Waals surface area contributed by atoms with Gasteiger partial charge < -0.3 is 9.47 Å². The van der Waals surface area contributed by atoms with Crippen LogP contribution in [0.15, 0.2) is 0 Å². The normalized spacial score (nSPS) is 36.5. The van der Waals surface area contributed by atoms with Crippen LogP contribution in [0.2, 0.25) is 0 Å². The van der Waals surface area contributed by atoms with E-state index in [4.69, 9.17) is 9.47 Å². The third-order valence-corrected chi connectivity index (χ3v) is 3.98. The van der Waals surface area contributed by atoms with Crippen molar-refractivity contribution in [3.05, 3.63) is 0 Å². The standard InChI is InChI=1S/C15H29NO2/c1-12(2)8-6-5-7-9-15-16(10-13(3)17-15)11-14(4)18-15/h12-14H,5-11H2,1-4H3. The van der Waals surface area contributed by atoms with Gasteiger partial charge in [0.2, 0.25) is 5.91 Å². The van der Waals surface area contributed by atoms with Crippen LogP contribution in [0.25, 0.3) is 0 Å². The molecule has 0 aromatic heterocycles. The SMILES string of the molecule is CC(C)CCCCCC12OC(C)CN1CC(C)O2. The zero-order valence-electron chi connectivity index (χ0n) is 12.4. The van der Waals surface area contributed by atoms with Crippen LogP contribution in [0.5, 0.6) is 0 Å². The molecule has 3 nitrogen and oxygen atoms in total. The van der Waals surface area contributed by atoms with Crippen LogP contribution in [0.1, 0.15) is 59.8 Å². The minimum atomic E-state index is -0.378. The number of hydrogen-bond acceptors (Lipinski definition) is 3. The number of hydrogen-bond donors (Lipinski definition) is 0. The summed E-state index contributed by atoms with van der Waals surface area (Å²) < 4.78 is 12.1. The molecule has 2 atom stereocenters. The molecule has 2 aliphatic rings. The van der Waals surface area contributed by atoms with Gasteiger partial charge in [-0.25, -0.2) is 4.90 Å². The lowest BCUT2D eigenvalue weighted by Crippen LogP contribution is -2.40. The zero-order chi connectivity index (χ0) is 13.2. The van der Waals surface area contributed by atoms with E-state index in [1.165, 1.54) is 25.7 Å². The first kappa shape index (κ1) is 14.3. The van der Waals surface area contributed by atoms with Gasteiger partial charge in [-0.3, -0.25) is 0 Å². The molecule has 0 N–H and O–H groups in total. The largest absolute Gasteiger partial charge is 0.333 e. The first-order chi connectivity index (χ1) is 8.52. The molecule has 0 aromatic rings. The van der Waals surface area contributed by atoms with Crippen molar-refractivity contribution < 1.29 is 9.47 Å².